The number of nitrogens with zero attached hydrogens (tertiary/aromatic N) is 1. The molecule has 2 aliphatic rings. The quantitative estimate of drug-likeness (QED) is 0.380. The van der Waals surface area contributed by atoms with Crippen LogP contribution in [0.5, 0.6) is 0 Å². The molecule has 38 heavy (non-hydrogen) atoms. The largest absolute Gasteiger partial charge is 0.317 e. The highest BCUT2D eigenvalue weighted by atomic mass is 16.1. The van der Waals surface area contributed by atoms with Gasteiger partial charge in [0, 0.05) is 30.4 Å². The zero-order valence-corrected chi connectivity index (χ0v) is 24.3. The van der Waals surface area contributed by atoms with Gasteiger partial charge in [0.25, 0.3) is 0 Å². The molecule has 2 N–H and O–H groups in total. The van der Waals surface area contributed by atoms with Crippen molar-refractivity contribution in [1.29, 1.82) is 0 Å². The molecule has 0 aromatic heterocycles. The molecule has 2 aromatic carbocycles. The van der Waals surface area contributed by atoms with Gasteiger partial charge < -0.3 is 10.6 Å². The van der Waals surface area contributed by atoms with Crippen LogP contribution in [0.15, 0.2) is 54.6 Å². The van der Waals surface area contributed by atoms with Crippen molar-refractivity contribution in [3.63, 3.8) is 0 Å². The predicted octanol–water partition coefficient (Wildman–Crippen LogP) is 5.92. The Morgan fingerprint density at radius 1 is 0.763 bits per heavy atom. The third kappa shape index (κ3) is 11.2. The molecule has 2 saturated heterocycles. The Balaban J connectivity index is 0.000000262. The maximum Gasteiger partial charge on any atom is 0.166 e. The molecular weight excluding hydrogens is 470 g/mol. The molecule has 2 heterocycles. The number of hydrogen-bond acceptors (Lipinski definition) is 5. The summed E-state index contributed by atoms with van der Waals surface area (Å²) in [6, 6.07) is 18.3. The van der Waals surface area contributed by atoms with Crippen molar-refractivity contribution in [1.82, 2.24) is 15.5 Å². The number of carbonyl (C=O) groups is 2. The molecule has 2 fully saturated rings. The summed E-state index contributed by atoms with van der Waals surface area (Å²) >= 11 is 0. The number of carbonyl (C=O) groups excluding carboxylic acids is 2. The lowest BCUT2D eigenvalue weighted by molar-refractivity contribution is -0.122. The molecule has 2 aromatic rings. The number of ketones is 2. The van der Waals surface area contributed by atoms with Gasteiger partial charge in [0.15, 0.2) is 5.78 Å². The first-order chi connectivity index (χ1) is 18.6. The molecule has 0 amide bonds. The molecule has 0 spiro atoms. The van der Waals surface area contributed by atoms with Gasteiger partial charge in [-0.1, -0.05) is 82.3 Å². The van der Waals surface area contributed by atoms with Crippen molar-refractivity contribution in [3.05, 3.63) is 71.3 Å². The van der Waals surface area contributed by atoms with Crippen molar-refractivity contribution in [2.75, 3.05) is 39.3 Å². The molecule has 5 heteroatoms. The van der Waals surface area contributed by atoms with Crippen LogP contribution in [-0.4, -0.2) is 55.7 Å². The van der Waals surface area contributed by atoms with Crippen LogP contribution in [0.4, 0.5) is 0 Å². The van der Waals surface area contributed by atoms with Crippen LogP contribution in [0.3, 0.4) is 0 Å². The topological polar surface area (TPSA) is 61.4 Å². The maximum atomic E-state index is 12.5. The summed E-state index contributed by atoms with van der Waals surface area (Å²) in [5.74, 6) is 1.22. The van der Waals surface area contributed by atoms with Gasteiger partial charge in [-0.3, -0.25) is 14.5 Å². The zero-order chi connectivity index (χ0) is 27.6. The SMILES string of the molecule is CC.CCCN(CC)Cc1ccc(C(=O)C2CCNCC2)cc1.O=C(Cc1ccccc1)C1CCNCC1. The molecule has 5 nitrogen and oxygen atoms in total. The highest BCUT2D eigenvalue weighted by Crippen LogP contribution is 2.19. The number of nitrogens with one attached hydrogen (secondary N) is 2. The van der Waals surface area contributed by atoms with E-state index in [1.165, 1.54) is 12.0 Å². The maximum absolute atomic E-state index is 12.5. The van der Waals surface area contributed by atoms with Crippen LogP contribution < -0.4 is 10.6 Å². The summed E-state index contributed by atoms with van der Waals surface area (Å²) in [5, 5.41) is 6.59. The van der Waals surface area contributed by atoms with Crippen LogP contribution in [-0.2, 0) is 17.8 Å². The number of benzene rings is 2. The fourth-order valence-electron chi connectivity index (χ4n) is 5.10. The molecule has 0 unspecified atom stereocenters. The van der Waals surface area contributed by atoms with Gasteiger partial charge in [-0.2, -0.15) is 0 Å². The van der Waals surface area contributed by atoms with Gasteiger partial charge in [-0.05, 0) is 82.5 Å². The second-order valence-corrected chi connectivity index (χ2v) is 10.1. The highest BCUT2D eigenvalue weighted by molar-refractivity contribution is 5.97. The normalized spacial score (nSPS) is 16.1. The monoisotopic (exact) mass is 521 g/mol. The molecule has 4 rings (SSSR count). The van der Waals surface area contributed by atoms with E-state index >= 15 is 0 Å². The number of rotatable bonds is 10. The minimum Gasteiger partial charge on any atom is -0.317 e. The second-order valence-electron chi connectivity index (χ2n) is 10.1. The second kappa shape index (κ2) is 18.8. The number of hydrogen-bond donors (Lipinski definition) is 2. The van der Waals surface area contributed by atoms with Crippen molar-refractivity contribution >= 4 is 11.6 Å². The van der Waals surface area contributed by atoms with Crippen molar-refractivity contribution < 1.29 is 9.59 Å². The highest BCUT2D eigenvalue weighted by Gasteiger charge is 2.22. The van der Waals surface area contributed by atoms with Crippen LogP contribution in [0.1, 0.15) is 81.3 Å². The van der Waals surface area contributed by atoms with Gasteiger partial charge in [0.05, 0.1) is 0 Å². The minimum absolute atomic E-state index is 0.212. The van der Waals surface area contributed by atoms with Crippen molar-refractivity contribution in [2.45, 2.75) is 72.8 Å². The first-order valence-corrected chi connectivity index (χ1v) is 14.9. The summed E-state index contributed by atoms with van der Waals surface area (Å²) < 4.78 is 0. The standard InChI is InChI=1S/C18H28N2O.C13H17NO.C2H6/c1-3-13-20(4-2)14-15-5-7-16(8-6-15)18(21)17-9-11-19-12-10-17;15-13(12-6-8-14-9-7-12)10-11-4-2-1-3-5-11;1-2/h5-8,17,19H,3-4,9-14H2,1-2H3;1-5,12,14H,6-10H2;1-2H3. The lowest BCUT2D eigenvalue weighted by atomic mass is 9.89. The van der Waals surface area contributed by atoms with Gasteiger partial charge in [-0.25, -0.2) is 0 Å². The zero-order valence-electron chi connectivity index (χ0n) is 24.3. The first kappa shape index (κ1) is 31.9. The lowest BCUT2D eigenvalue weighted by Gasteiger charge is -2.22. The van der Waals surface area contributed by atoms with Crippen LogP contribution in [0.25, 0.3) is 0 Å². The molecule has 0 radical (unpaired) electrons. The van der Waals surface area contributed by atoms with Gasteiger partial charge >= 0.3 is 0 Å². The van der Waals surface area contributed by atoms with Crippen LogP contribution in [0.2, 0.25) is 0 Å². The van der Waals surface area contributed by atoms with Crippen molar-refractivity contribution in [2.24, 2.45) is 11.8 Å². The number of Topliss-reactive ketones (excluding diaryl/α,β-unsaturated/α-hetero) is 2. The predicted molar refractivity (Wildman–Crippen MR) is 160 cm³/mol. The van der Waals surface area contributed by atoms with E-state index in [2.05, 4.69) is 41.5 Å². The van der Waals surface area contributed by atoms with E-state index in [1.54, 1.807) is 0 Å². The van der Waals surface area contributed by atoms with Gasteiger partial charge in [0.2, 0.25) is 0 Å². The molecule has 210 valence electrons. The summed E-state index contributed by atoms with van der Waals surface area (Å²) in [6.07, 6.45) is 5.74. The van der Waals surface area contributed by atoms with E-state index in [-0.39, 0.29) is 11.8 Å². The fourth-order valence-corrected chi connectivity index (χ4v) is 5.10. The Morgan fingerprint density at radius 2 is 1.32 bits per heavy atom. The Labute approximate surface area is 231 Å². The molecule has 0 saturated carbocycles. The molecular formula is C33H51N3O2. The molecule has 0 bridgehead atoms. The van der Waals surface area contributed by atoms with E-state index in [4.69, 9.17) is 0 Å². The van der Waals surface area contributed by atoms with Crippen molar-refractivity contribution in [3.8, 4) is 0 Å². The van der Waals surface area contributed by atoms with E-state index in [9.17, 15) is 9.59 Å². The lowest BCUT2D eigenvalue weighted by Crippen LogP contribution is -2.32. The average molecular weight is 522 g/mol. The van der Waals surface area contributed by atoms with Crippen LogP contribution >= 0.6 is 0 Å². The first-order valence-electron chi connectivity index (χ1n) is 14.9. The smallest absolute Gasteiger partial charge is 0.166 e. The fraction of sp³-hybridized carbons (Fsp3) is 0.576. The third-order valence-electron chi connectivity index (χ3n) is 7.36. The summed E-state index contributed by atoms with van der Waals surface area (Å²) in [4.78, 5) is 26.8. The number of piperidine rings is 2. The van der Waals surface area contributed by atoms with E-state index < -0.39 is 0 Å². The minimum atomic E-state index is 0.212. The molecule has 0 atom stereocenters. The summed E-state index contributed by atoms with van der Waals surface area (Å²) in [5.41, 5.74) is 3.32. The Bertz CT molecular complexity index is 902. The summed E-state index contributed by atoms with van der Waals surface area (Å²) in [7, 11) is 0. The third-order valence-corrected chi connectivity index (χ3v) is 7.36. The van der Waals surface area contributed by atoms with E-state index in [0.717, 1.165) is 82.6 Å². The Morgan fingerprint density at radius 3 is 1.84 bits per heavy atom. The average Bonchev–Trinajstić information content (AvgIpc) is 2.99. The van der Waals surface area contributed by atoms with Crippen LogP contribution in [0, 0.1) is 11.8 Å². The van der Waals surface area contributed by atoms with E-state index in [1.807, 2.05) is 56.3 Å². The Hall–Kier alpha value is -2.34. The molecule has 2 aliphatic heterocycles. The van der Waals surface area contributed by atoms with Gasteiger partial charge in [-0.15, -0.1) is 0 Å². The molecule has 0 aliphatic carbocycles. The van der Waals surface area contributed by atoms with Gasteiger partial charge in [0.1, 0.15) is 5.78 Å². The summed E-state index contributed by atoms with van der Waals surface area (Å²) in [6.45, 7) is 15.5. The van der Waals surface area contributed by atoms with E-state index in [0.29, 0.717) is 18.0 Å². The Kier molecular flexibility index (Phi) is 15.8.